The standard InChI is InChI=1S/C14H17N3O2/c1-17(2)14-6-4-11(9-16-14)15-8-10-3-5-12(18)13(19)7-10/h3-7,9,15,18-19H,8H2,1-2H3. The first-order valence-electron chi connectivity index (χ1n) is 5.94. The zero-order valence-corrected chi connectivity index (χ0v) is 11.0. The van der Waals surface area contributed by atoms with Crippen LogP contribution in [0.25, 0.3) is 0 Å². The second-order valence-electron chi connectivity index (χ2n) is 4.48. The van der Waals surface area contributed by atoms with E-state index >= 15 is 0 Å². The molecule has 2 aromatic rings. The van der Waals surface area contributed by atoms with Gasteiger partial charge in [-0.25, -0.2) is 4.98 Å². The van der Waals surface area contributed by atoms with Crippen LogP contribution >= 0.6 is 0 Å². The summed E-state index contributed by atoms with van der Waals surface area (Å²) in [6.07, 6.45) is 1.76. The van der Waals surface area contributed by atoms with Gasteiger partial charge in [0.25, 0.3) is 0 Å². The van der Waals surface area contributed by atoms with Crippen LogP contribution in [-0.2, 0) is 6.54 Å². The number of nitrogens with zero attached hydrogens (tertiary/aromatic N) is 2. The maximum atomic E-state index is 9.40. The maximum absolute atomic E-state index is 9.40. The Kier molecular flexibility index (Phi) is 3.75. The first-order valence-corrected chi connectivity index (χ1v) is 5.94. The molecule has 0 aliphatic carbocycles. The number of aromatic nitrogens is 1. The fraction of sp³-hybridized carbons (Fsp3) is 0.214. The van der Waals surface area contributed by atoms with E-state index < -0.39 is 0 Å². The number of aromatic hydroxyl groups is 2. The molecule has 0 saturated heterocycles. The summed E-state index contributed by atoms with van der Waals surface area (Å²) < 4.78 is 0. The third-order valence-electron chi connectivity index (χ3n) is 2.74. The molecule has 0 bridgehead atoms. The summed E-state index contributed by atoms with van der Waals surface area (Å²) in [5.74, 6) is 0.675. The van der Waals surface area contributed by atoms with Crippen LogP contribution in [0.3, 0.4) is 0 Å². The predicted octanol–water partition coefficient (Wildman–Crippen LogP) is 2.17. The van der Waals surface area contributed by atoms with Crippen molar-refractivity contribution in [1.82, 2.24) is 4.98 Å². The smallest absolute Gasteiger partial charge is 0.157 e. The van der Waals surface area contributed by atoms with Gasteiger partial charge < -0.3 is 20.4 Å². The molecule has 1 aromatic heterocycles. The van der Waals surface area contributed by atoms with Crippen molar-refractivity contribution in [2.75, 3.05) is 24.3 Å². The lowest BCUT2D eigenvalue weighted by atomic mass is 10.2. The van der Waals surface area contributed by atoms with Crippen LogP contribution in [0.4, 0.5) is 11.5 Å². The Morgan fingerprint density at radius 1 is 1.11 bits per heavy atom. The summed E-state index contributed by atoms with van der Waals surface area (Å²) in [4.78, 5) is 6.23. The van der Waals surface area contributed by atoms with Gasteiger partial charge in [-0.15, -0.1) is 0 Å². The average molecular weight is 259 g/mol. The van der Waals surface area contributed by atoms with Crippen molar-refractivity contribution >= 4 is 11.5 Å². The Morgan fingerprint density at radius 3 is 2.47 bits per heavy atom. The molecule has 2 rings (SSSR count). The van der Waals surface area contributed by atoms with Crippen LogP contribution in [-0.4, -0.2) is 29.3 Å². The highest BCUT2D eigenvalue weighted by molar-refractivity contribution is 5.49. The first kappa shape index (κ1) is 13.0. The third kappa shape index (κ3) is 3.28. The SMILES string of the molecule is CN(C)c1ccc(NCc2ccc(O)c(O)c2)cn1. The Morgan fingerprint density at radius 2 is 1.89 bits per heavy atom. The molecule has 0 unspecified atom stereocenters. The van der Waals surface area contributed by atoms with Crippen LogP contribution in [0.5, 0.6) is 11.5 Å². The summed E-state index contributed by atoms with van der Waals surface area (Å²) in [5.41, 5.74) is 1.78. The Balaban J connectivity index is 2.00. The highest BCUT2D eigenvalue weighted by Crippen LogP contribution is 2.25. The quantitative estimate of drug-likeness (QED) is 0.734. The lowest BCUT2D eigenvalue weighted by molar-refractivity contribution is 0.403. The number of phenols is 2. The van der Waals surface area contributed by atoms with Crippen molar-refractivity contribution in [3.8, 4) is 11.5 Å². The summed E-state index contributed by atoms with van der Waals surface area (Å²) in [7, 11) is 3.88. The van der Waals surface area contributed by atoms with E-state index in [1.807, 2.05) is 31.1 Å². The summed E-state index contributed by atoms with van der Waals surface area (Å²) >= 11 is 0. The average Bonchev–Trinajstić information content (AvgIpc) is 2.40. The molecule has 100 valence electrons. The lowest BCUT2D eigenvalue weighted by Gasteiger charge is -2.12. The second-order valence-corrected chi connectivity index (χ2v) is 4.48. The van der Waals surface area contributed by atoms with Gasteiger partial charge in [-0.3, -0.25) is 0 Å². The lowest BCUT2D eigenvalue weighted by Crippen LogP contribution is -2.10. The van der Waals surface area contributed by atoms with Crippen LogP contribution in [0.15, 0.2) is 36.5 Å². The van der Waals surface area contributed by atoms with Crippen LogP contribution in [0, 0.1) is 0 Å². The van der Waals surface area contributed by atoms with Crippen molar-refractivity contribution in [1.29, 1.82) is 0 Å². The first-order chi connectivity index (χ1) is 9.06. The number of rotatable bonds is 4. The van der Waals surface area contributed by atoms with E-state index in [2.05, 4.69) is 10.3 Å². The minimum absolute atomic E-state index is 0.110. The van der Waals surface area contributed by atoms with Gasteiger partial charge >= 0.3 is 0 Å². The largest absolute Gasteiger partial charge is 0.504 e. The molecule has 0 aliphatic heterocycles. The Labute approximate surface area is 112 Å². The molecule has 0 radical (unpaired) electrons. The Bertz CT molecular complexity index is 553. The minimum atomic E-state index is -0.111. The van der Waals surface area contributed by atoms with Crippen LogP contribution in [0.2, 0.25) is 0 Å². The van der Waals surface area contributed by atoms with Gasteiger partial charge in [0, 0.05) is 20.6 Å². The summed E-state index contributed by atoms with van der Waals surface area (Å²) in [6, 6.07) is 8.63. The molecule has 5 nitrogen and oxygen atoms in total. The zero-order chi connectivity index (χ0) is 13.8. The van der Waals surface area contributed by atoms with E-state index in [0.717, 1.165) is 17.1 Å². The van der Waals surface area contributed by atoms with Crippen LogP contribution in [0.1, 0.15) is 5.56 Å². The number of nitrogens with one attached hydrogen (secondary N) is 1. The van der Waals surface area contributed by atoms with Crippen molar-refractivity contribution < 1.29 is 10.2 Å². The second kappa shape index (κ2) is 5.48. The number of hydrogen-bond donors (Lipinski definition) is 3. The third-order valence-corrected chi connectivity index (χ3v) is 2.74. The molecule has 0 spiro atoms. The van der Waals surface area contributed by atoms with E-state index in [1.54, 1.807) is 12.3 Å². The van der Waals surface area contributed by atoms with E-state index in [9.17, 15) is 10.2 Å². The fourth-order valence-corrected chi connectivity index (χ4v) is 1.64. The monoisotopic (exact) mass is 259 g/mol. The highest BCUT2D eigenvalue weighted by atomic mass is 16.3. The maximum Gasteiger partial charge on any atom is 0.157 e. The van der Waals surface area contributed by atoms with Gasteiger partial charge in [0.1, 0.15) is 5.82 Å². The molecule has 19 heavy (non-hydrogen) atoms. The van der Waals surface area contributed by atoms with Gasteiger partial charge in [0.15, 0.2) is 11.5 Å². The van der Waals surface area contributed by atoms with E-state index in [1.165, 1.54) is 12.1 Å². The number of anilines is 2. The number of pyridine rings is 1. The van der Waals surface area contributed by atoms with E-state index in [-0.39, 0.29) is 11.5 Å². The molecule has 0 saturated carbocycles. The molecule has 0 aliphatic rings. The molecular formula is C14H17N3O2. The molecule has 0 fully saturated rings. The van der Waals surface area contributed by atoms with Gasteiger partial charge in [-0.05, 0) is 29.8 Å². The predicted molar refractivity (Wildman–Crippen MR) is 75.7 cm³/mol. The highest BCUT2D eigenvalue weighted by Gasteiger charge is 2.01. The van der Waals surface area contributed by atoms with E-state index in [0.29, 0.717) is 6.54 Å². The molecule has 1 aromatic carbocycles. The molecule has 3 N–H and O–H groups in total. The summed E-state index contributed by atoms with van der Waals surface area (Å²) in [5, 5.41) is 21.8. The van der Waals surface area contributed by atoms with Gasteiger partial charge in [0.05, 0.1) is 11.9 Å². The molecule has 1 heterocycles. The molecular weight excluding hydrogens is 242 g/mol. The van der Waals surface area contributed by atoms with E-state index in [4.69, 9.17) is 0 Å². The topological polar surface area (TPSA) is 68.6 Å². The minimum Gasteiger partial charge on any atom is -0.504 e. The molecule has 5 heteroatoms. The number of hydrogen-bond acceptors (Lipinski definition) is 5. The van der Waals surface area contributed by atoms with Gasteiger partial charge in [0.2, 0.25) is 0 Å². The summed E-state index contributed by atoms with van der Waals surface area (Å²) in [6.45, 7) is 0.552. The van der Waals surface area contributed by atoms with Crippen molar-refractivity contribution in [3.63, 3.8) is 0 Å². The normalized spacial score (nSPS) is 10.2. The van der Waals surface area contributed by atoms with Crippen molar-refractivity contribution in [2.24, 2.45) is 0 Å². The molecule has 0 amide bonds. The fourth-order valence-electron chi connectivity index (χ4n) is 1.64. The molecule has 0 atom stereocenters. The number of benzene rings is 1. The van der Waals surface area contributed by atoms with Gasteiger partial charge in [-0.2, -0.15) is 0 Å². The number of phenolic OH excluding ortho intramolecular Hbond substituents is 2. The van der Waals surface area contributed by atoms with Crippen LogP contribution < -0.4 is 10.2 Å². The zero-order valence-electron chi connectivity index (χ0n) is 11.0. The van der Waals surface area contributed by atoms with Crippen molar-refractivity contribution in [3.05, 3.63) is 42.1 Å². The Hall–Kier alpha value is -2.43. The van der Waals surface area contributed by atoms with Crippen molar-refractivity contribution in [2.45, 2.75) is 6.54 Å². The van der Waals surface area contributed by atoms with Gasteiger partial charge in [-0.1, -0.05) is 6.07 Å².